The maximum Gasteiger partial charge on any atom is 0.415 e. The van der Waals surface area contributed by atoms with E-state index < -0.39 is 17.5 Å². The second-order valence-corrected chi connectivity index (χ2v) is 12.4. The number of halogens is 1. The molecule has 5 heterocycles. The lowest BCUT2D eigenvalue weighted by atomic mass is 9.98. The molecule has 11 nitrogen and oxygen atoms in total. The molecule has 0 atom stereocenters. The van der Waals surface area contributed by atoms with Crippen LogP contribution in [0.3, 0.4) is 0 Å². The Bertz CT molecular complexity index is 1780. The fraction of sp³-hybridized carbons (Fsp3) is 0.406. The topological polar surface area (TPSA) is 115 Å². The van der Waals surface area contributed by atoms with Crippen LogP contribution >= 0.6 is 0 Å². The van der Waals surface area contributed by atoms with Crippen LogP contribution in [0.4, 0.5) is 26.5 Å². The summed E-state index contributed by atoms with van der Waals surface area (Å²) in [5.41, 5.74) is 2.27. The van der Waals surface area contributed by atoms with Crippen LogP contribution in [0.25, 0.3) is 21.9 Å². The van der Waals surface area contributed by atoms with E-state index >= 15 is 4.39 Å². The third-order valence-corrected chi connectivity index (χ3v) is 7.76. The van der Waals surface area contributed by atoms with Gasteiger partial charge < -0.3 is 19.7 Å². The molecule has 0 unspecified atom stereocenters. The number of carbonyl (C=O) groups is 2. The van der Waals surface area contributed by atoms with Crippen molar-refractivity contribution in [3.05, 3.63) is 53.7 Å². The number of aromatic nitrogens is 4. The highest BCUT2D eigenvalue weighted by molar-refractivity contribution is 5.95. The fourth-order valence-corrected chi connectivity index (χ4v) is 5.66. The Balaban J connectivity index is 1.31. The Morgan fingerprint density at radius 3 is 2.59 bits per heavy atom. The summed E-state index contributed by atoms with van der Waals surface area (Å²) < 4.78 is 28.7. The van der Waals surface area contributed by atoms with E-state index in [2.05, 4.69) is 20.4 Å². The van der Waals surface area contributed by atoms with Crippen molar-refractivity contribution < 1.29 is 23.5 Å². The zero-order chi connectivity index (χ0) is 31.3. The Hall–Kier alpha value is -4.74. The minimum absolute atomic E-state index is 0.0412. The molecule has 230 valence electrons. The zero-order valence-corrected chi connectivity index (χ0v) is 25.8. The Morgan fingerprint density at radius 1 is 1.05 bits per heavy atom. The van der Waals surface area contributed by atoms with Crippen LogP contribution in [0.15, 0.2) is 36.7 Å². The monoisotopic (exact) mass is 601 g/mol. The molecule has 0 saturated heterocycles. The molecule has 4 aromatic rings. The van der Waals surface area contributed by atoms with Gasteiger partial charge in [0.2, 0.25) is 11.8 Å². The number of pyridine rings is 2. The van der Waals surface area contributed by atoms with Gasteiger partial charge in [-0.3, -0.25) is 14.4 Å². The van der Waals surface area contributed by atoms with Crippen LogP contribution in [0, 0.1) is 12.7 Å². The van der Waals surface area contributed by atoms with Gasteiger partial charge >= 0.3 is 6.09 Å². The van der Waals surface area contributed by atoms with E-state index in [0.717, 1.165) is 11.1 Å². The van der Waals surface area contributed by atoms with Crippen LogP contribution < -0.4 is 15.0 Å². The van der Waals surface area contributed by atoms with Crippen molar-refractivity contribution in [3.63, 3.8) is 0 Å². The molecule has 2 amide bonds. The van der Waals surface area contributed by atoms with E-state index in [1.165, 1.54) is 11.0 Å². The van der Waals surface area contributed by atoms with E-state index in [4.69, 9.17) is 9.47 Å². The number of amides is 2. The van der Waals surface area contributed by atoms with Crippen molar-refractivity contribution in [2.45, 2.75) is 66.2 Å². The lowest BCUT2D eigenvalue weighted by Gasteiger charge is -2.32. The predicted molar refractivity (Wildman–Crippen MR) is 165 cm³/mol. The highest BCUT2D eigenvalue weighted by Gasteiger charge is 2.32. The van der Waals surface area contributed by atoms with Crippen LogP contribution in [0.1, 0.15) is 45.9 Å². The summed E-state index contributed by atoms with van der Waals surface area (Å²) in [5, 5.41) is 9.21. The van der Waals surface area contributed by atoms with Crippen LogP contribution in [0.2, 0.25) is 0 Å². The first-order chi connectivity index (χ1) is 20.9. The molecule has 6 rings (SSSR count). The van der Waals surface area contributed by atoms with Crippen molar-refractivity contribution in [2.75, 3.05) is 29.9 Å². The Labute approximate surface area is 255 Å². The first-order valence-corrected chi connectivity index (χ1v) is 14.7. The fourth-order valence-electron chi connectivity index (χ4n) is 5.66. The standard InChI is InChI=1S/C32H36FN7O4/c1-18(2)38-8-7-22-14-27(37-40(22)17-28(38)41)36-26-13-20-11-23(25(33)12-21(20)15-34-26)24-16-35-30-29(19(24)3)39(9-10-43-30)31(42)44-32(4,5)6/h11-16,18H,7-10,17H2,1-6H3,(H,34,36,37). The lowest BCUT2D eigenvalue weighted by Crippen LogP contribution is -2.42. The van der Waals surface area contributed by atoms with Gasteiger partial charge in [-0.1, -0.05) is 0 Å². The molecular weight excluding hydrogens is 565 g/mol. The molecule has 44 heavy (non-hydrogen) atoms. The molecule has 1 aromatic carbocycles. The normalized spacial score (nSPS) is 15.1. The minimum Gasteiger partial charge on any atom is -0.474 e. The summed E-state index contributed by atoms with van der Waals surface area (Å²) in [5.74, 6) is 1.01. The molecule has 2 aliphatic heterocycles. The minimum atomic E-state index is -0.680. The largest absolute Gasteiger partial charge is 0.474 e. The maximum atomic E-state index is 15.6. The molecule has 0 spiro atoms. The summed E-state index contributed by atoms with van der Waals surface area (Å²) >= 11 is 0. The predicted octanol–water partition coefficient (Wildman–Crippen LogP) is 5.61. The van der Waals surface area contributed by atoms with E-state index in [-0.39, 0.29) is 31.6 Å². The van der Waals surface area contributed by atoms with E-state index in [0.29, 0.717) is 58.2 Å². The highest BCUT2D eigenvalue weighted by atomic mass is 19.1. The van der Waals surface area contributed by atoms with E-state index in [1.807, 2.05) is 37.8 Å². The van der Waals surface area contributed by atoms with E-state index in [9.17, 15) is 9.59 Å². The van der Waals surface area contributed by atoms with Gasteiger partial charge in [-0.05, 0) is 70.7 Å². The number of anilines is 3. The molecule has 1 N–H and O–H groups in total. The number of hydrogen-bond acceptors (Lipinski definition) is 8. The average molecular weight is 602 g/mol. The average Bonchev–Trinajstić information content (AvgIpc) is 3.24. The molecule has 0 aliphatic carbocycles. The molecular formula is C32H36FN7O4. The number of fused-ring (bicyclic) bond motifs is 3. The van der Waals surface area contributed by atoms with Gasteiger partial charge in [0.1, 0.15) is 36.1 Å². The van der Waals surface area contributed by atoms with Gasteiger partial charge in [0.25, 0.3) is 0 Å². The van der Waals surface area contributed by atoms with Gasteiger partial charge in [-0.15, -0.1) is 0 Å². The first kappa shape index (κ1) is 29.3. The lowest BCUT2D eigenvalue weighted by molar-refractivity contribution is -0.133. The van der Waals surface area contributed by atoms with Gasteiger partial charge in [-0.2, -0.15) is 5.10 Å². The van der Waals surface area contributed by atoms with Crippen molar-refractivity contribution >= 4 is 40.1 Å². The summed E-state index contributed by atoms with van der Waals surface area (Å²) in [6.45, 7) is 12.7. The summed E-state index contributed by atoms with van der Waals surface area (Å²) in [7, 11) is 0. The van der Waals surface area contributed by atoms with Crippen molar-refractivity contribution in [1.82, 2.24) is 24.6 Å². The Kier molecular flexibility index (Phi) is 7.38. The van der Waals surface area contributed by atoms with Crippen LogP contribution in [-0.4, -0.2) is 68.0 Å². The molecule has 0 fully saturated rings. The van der Waals surface area contributed by atoms with Crippen LogP contribution in [-0.2, 0) is 22.5 Å². The smallest absolute Gasteiger partial charge is 0.415 e. The molecule has 12 heteroatoms. The number of rotatable bonds is 4. The van der Waals surface area contributed by atoms with Gasteiger partial charge in [-0.25, -0.2) is 19.2 Å². The number of nitrogens with one attached hydrogen (secondary N) is 1. The first-order valence-electron chi connectivity index (χ1n) is 14.7. The van der Waals surface area contributed by atoms with Crippen molar-refractivity contribution in [2.24, 2.45) is 0 Å². The quantitative estimate of drug-likeness (QED) is 0.321. The molecule has 3 aromatic heterocycles. The molecule has 0 saturated carbocycles. The highest BCUT2D eigenvalue weighted by Crippen LogP contribution is 2.40. The third-order valence-electron chi connectivity index (χ3n) is 7.76. The summed E-state index contributed by atoms with van der Waals surface area (Å²) in [4.78, 5) is 38.0. The SMILES string of the molecule is Cc1c(-c2cc3cc(Nc4cc5n(n4)CC(=O)N(C(C)C)CC5)ncc3cc2F)cnc2c1N(C(=O)OC(C)(C)C)CCO2. The Morgan fingerprint density at radius 2 is 1.84 bits per heavy atom. The summed E-state index contributed by atoms with van der Waals surface area (Å²) in [6, 6.07) is 7.08. The zero-order valence-electron chi connectivity index (χ0n) is 25.8. The number of hydrogen-bond donors (Lipinski definition) is 1. The van der Waals surface area contributed by atoms with Crippen molar-refractivity contribution in [3.8, 4) is 17.0 Å². The number of ether oxygens (including phenoxy) is 2. The second kappa shape index (κ2) is 11.1. The van der Waals surface area contributed by atoms with Crippen LogP contribution in [0.5, 0.6) is 5.88 Å². The molecule has 2 aliphatic rings. The van der Waals surface area contributed by atoms with Gasteiger partial charge in [0.05, 0.1) is 6.54 Å². The molecule has 0 radical (unpaired) electrons. The number of benzene rings is 1. The number of carbonyl (C=O) groups excluding carboxylic acids is 2. The third kappa shape index (κ3) is 5.63. The van der Waals surface area contributed by atoms with E-state index in [1.54, 1.807) is 43.9 Å². The van der Waals surface area contributed by atoms with Gasteiger partial charge in [0, 0.05) is 59.7 Å². The number of nitrogens with zero attached hydrogens (tertiary/aromatic N) is 6. The van der Waals surface area contributed by atoms with Crippen molar-refractivity contribution in [1.29, 1.82) is 0 Å². The van der Waals surface area contributed by atoms with Gasteiger partial charge in [0.15, 0.2) is 5.82 Å². The summed E-state index contributed by atoms with van der Waals surface area (Å²) in [6.07, 6.45) is 3.36. The molecule has 0 bridgehead atoms. The maximum absolute atomic E-state index is 15.6. The second-order valence-electron chi connectivity index (χ2n) is 12.4.